The van der Waals surface area contributed by atoms with Gasteiger partial charge in [0.1, 0.15) is 0 Å². The Morgan fingerprint density at radius 1 is 1.40 bits per heavy atom. The monoisotopic (exact) mass is 201 g/mol. The number of likely N-dealkylation sites (N-methyl/N-ethyl adjacent to an activating group) is 1. The SMILES string of the molecule is CN(C)[C@H]1Cc2[nH]c3ccncc3c2C1. The Morgan fingerprint density at radius 2 is 2.27 bits per heavy atom. The summed E-state index contributed by atoms with van der Waals surface area (Å²) in [5.41, 5.74) is 4.10. The minimum atomic E-state index is 0.649. The second kappa shape index (κ2) is 3.07. The number of hydrogen-bond donors (Lipinski definition) is 1. The smallest absolute Gasteiger partial charge is 0.0490 e. The van der Waals surface area contributed by atoms with Gasteiger partial charge in [0.05, 0.1) is 0 Å². The molecule has 1 aliphatic carbocycles. The predicted octanol–water partition coefficient (Wildman–Crippen LogP) is 1.59. The van der Waals surface area contributed by atoms with Crippen molar-refractivity contribution in [2.75, 3.05) is 14.1 Å². The average molecular weight is 201 g/mol. The number of pyridine rings is 1. The molecule has 78 valence electrons. The lowest BCUT2D eigenvalue weighted by molar-refractivity contribution is 0.303. The normalized spacial score (nSPS) is 20.1. The summed E-state index contributed by atoms with van der Waals surface area (Å²) in [5.74, 6) is 0. The second-order valence-electron chi connectivity index (χ2n) is 4.53. The van der Waals surface area contributed by atoms with Crippen molar-refractivity contribution in [2.45, 2.75) is 18.9 Å². The summed E-state index contributed by atoms with van der Waals surface area (Å²) in [6.45, 7) is 0. The van der Waals surface area contributed by atoms with E-state index in [9.17, 15) is 0 Å². The van der Waals surface area contributed by atoms with E-state index in [0.29, 0.717) is 6.04 Å². The quantitative estimate of drug-likeness (QED) is 0.760. The van der Waals surface area contributed by atoms with Gasteiger partial charge in [0.2, 0.25) is 0 Å². The number of fused-ring (bicyclic) bond motifs is 3. The first-order valence-corrected chi connectivity index (χ1v) is 5.35. The first-order chi connectivity index (χ1) is 7.25. The van der Waals surface area contributed by atoms with E-state index in [1.165, 1.54) is 22.2 Å². The van der Waals surface area contributed by atoms with Crippen LogP contribution in [0.15, 0.2) is 18.5 Å². The van der Waals surface area contributed by atoms with Gasteiger partial charge < -0.3 is 9.88 Å². The summed E-state index contributed by atoms with van der Waals surface area (Å²) in [7, 11) is 4.30. The molecule has 0 fully saturated rings. The van der Waals surface area contributed by atoms with Crippen LogP contribution in [0.3, 0.4) is 0 Å². The summed E-state index contributed by atoms with van der Waals surface area (Å²) in [4.78, 5) is 9.99. The maximum absolute atomic E-state index is 4.20. The summed E-state index contributed by atoms with van der Waals surface area (Å²) in [6, 6.07) is 2.70. The van der Waals surface area contributed by atoms with Gasteiger partial charge in [0.15, 0.2) is 0 Å². The van der Waals surface area contributed by atoms with Crippen molar-refractivity contribution in [3.8, 4) is 0 Å². The van der Waals surface area contributed by atoms with Crippen molar-refractivity contribution in [3.05, 3.63) is 29.7 Å². The molecular formula is C12H15N3. The standard InChI is InChI=1S/C12H15N3/c1-15(2)8-5-9-10-7-13-4-3-11(10)14-12(9)6-8/h3-4,7-8,14H,5-6H2,1-2H3/t8-/m1/s1. The highest BCUT2D eigenvalue weighted by Gasteiger charge is 2.26. The molecule has 0 saturated heterocycles. The summed E-state index contributed by atoms with van der Waals surface area (Å²) in [6.07, 6.45) is 6.10. The van der Waals surface area contributed by atoms with Gasteiger partial charge in [-0.1, -0.05) is 0 Å². The third-order valence-corrected chi connectivity index (χ3v) is 3.41. The van der Waals surface area contributed by atoms with Crippen molar-refractivity contribution in [1.82, 2.24) is 14.9 Å². The highest BCUT2D eigenvalue weighted by Crippen LogP contribution is 2.30. The van der Waals surface area contributed by atoms with Crippen molar-refractivity contribution in [1.29, 1.82) is 0 Å². The minimum absolute atomic E-state index is 0.649. The number of nitrogens with zero attached hydrogens (tertiary/aromatic N) is 2. The number of aromatic nitrogens is 2. The predicted molar refractivity (Wildman–Crippen MR) is 61.0 cm³/mol. The van der Waals surface area contributed by atoms with Gasteiger partial charge >= 0.3 is 0 Å². The van der Waals surface area contributed by atoms with Crippen LogP contribution in [-0.2, 0) is 12.8 Å². The summed E-state index contributed by atoms with van der Waals surface area (Å²) < 4.78 is 0. The van der Waals surface area contributed by atoms with E-state index in [1.54, 1.807) is 0 Å². The van der Waals surface area contributed by atoms with E-state index in [4.69, 9.17) is 0 Å². The van der Waals surface area contributed by atoms with Gasteiger partial charge in [-0.2, -0.15) is 0 Å². The van der Waals surface area contributed by atoms with E-state index in [1.807, 2.05) is 12.4 Å². The van der Waals surface area contributed by atoms with Crippen LogP contribution in [0.5, 0.6) is 0 Å². The molecule has 0 amide bonds. The second-order valence-corrected chi connectivity index (χ2v) is 4.53. The fourth-order valence-corrected chi connectivity index (χ4v) is 2.46. The summed E-state index contributed by atoms with van der Waals surface area (Å²) in [5, 5.41) is 1.30. The molecule has 0 saturated carbocycles. The van der Waals surface area contributed by atoms with Crippen molar-refractivity contribution >= 4 is 10.9 Å². The first kappa shape index (κ1) is 8.92. The molecule has 1 atom stereocenters. The fourth-order valence-electron chi connectivity index (χ4n) is 2.46. The molecule has 0 bridgehead atoms. The maximum Gasteiger partial charge on any atom is 0.0490 e. The molecule has 3 nitrogen and oxygen atoms in total. The molecular weight excluding hydrogens is 186 g/mol. The van der Waals surface area contributed by atoms with Crippen LogP contribution in [0.4, 0.5) is 0 Å². The Hall–Kier alpha value is -1.35. The van der Waals surface area contributed by atoms with E-state index in [-0.39, 0.29) is 0 Å². The molecule has 0 unspecified atom stereocenters. The molecule has 0 radical (unpaired) electrons. The molecule has 0 aliphatic heterocycles. The molecule has 2 aromatic rings. The van der Waals surface area contributed by atoms with Gasteiger partial charge in [-0.05, 0) is 32.1 Å². The van der Waals surface area contributed by atoms with Crippen LogP contribution in [0, 0.1) is 0 Å². The van der Waals surface area contributed by atoms with Crippen LogP contribution >= 0.6 is 0 Å². The van der Waals surface area contributed by atoms with Crippen LogP contribution in [-0.4, -0.2) is 35.0 Å². The van der Waals surface area contributed by atoms with E-state index < -0.39 is 0 Å². The molecule has 2 heterocycles. The Kier molecular flexibility index (Phi) is 1.83. The molecule has 2 aromatic heterocycles. The van der Waals surface area contributed by atoms with E-state index in [2.05, 4.69) is 35.0 Å². The van der Waals surface area contributed by atoms with Gasteiger partial charge in [0, 0.05) is 41.5 Å². The lowest BCUT2D eigenvalue weighted by Gasteiger charge is -2.18. The molecule has 0 spiro atoms. The minimum Gasteiger partial charge on any atom is -0.358 e. The van der Waals surface area contributed by atoms with Gasteiger partial charge in [-0.25, -0.2) is 0 Å². The largest absolute Gasteiger partial charge is 0.358 e. The number of H-pyrrole nitrogens is 1. The Balaban J connectivity index is 2.08. The Morgan fingerprint density at radius 3 is 3.07 bits per heavy atom. The van der Waals surface area contributed by atoms with Crippen molar-refractivity contribution in [3.63, 3.8) is 0 Å². The number of aromatic amines is 1. The molecule has 1 N–H and O–H groups in total. The Labute approximate surface area is 89.1 Å². The van der Waals surface area contributed by atoms with Crippen LogP contribution in [0.25, 0.3) is 10.9 Å². The van der Waals surface area contributed by atoms with Gasteiger partial charge in [0.25, 0.3) is 0 Å². The lowest BCUT2D eigenvalue weighted by Crippen LogP contribution is -2.28. The molecule has 0 aromatic carbocycles. The zero-order chi connectivity index (χ0) is 10.4. The van der Waals surface area contributed by atoms with Crippen molar-refractivity contribution in [2.24, 2.45) is 0 Å². The van der Waals surface area contributed by atoms with Crippen molar-refractivity contribution < 1.29 is 0 Å². The molecule has 3 rings (SSSR count). The molecule has 1 aliphatic rings. The number of nitrogens with one attached hydrogen (secondary N) is 1. The average Bonchev–Trinajstić information content (AvgIpc) is 2.73. The van der Waals surface area contributed by atoms with E-state index >= 15 is 0 Å². The first-order valence-electron chi connectivity index (χ1n) is 5.35. The summed E-state index contributed by atoms with van der Waals surface area (Å²) >= 11 is 0. The van der Waals surface area contributed by atoms with Gasteiger partial charge in [-0.3, -0.25) is 4.98 Å². The molecule has 15 heavy (non-hydrogen) atoms. The Bertz CT molecular complexity index is 499. The zero-order valence-electron chi connectivity index (χ0n) is 9.12. The van der Waals surface area contributed by atoms with E-state index in [0.717, 1.165) is 12.8 Å². The van der Waals surface area contributed by atoms with Crippen LogP contribution in [0.1, 0.15) is 11.3 Å². The topological polar surface area (TPSA) is 31.9 Å². The van der Waals surface area contributed by atoms with Gasteiger partial charge in [-0.15, -0.1) is 0 Å². The zero-order valence-corrected chi connectivity index (χ0v) is 9.12. The number of hydrogen-bond acceptors (Lipinski definition) is 2. The third kappa shape index (κ3) is 1.27. The number of rotatable bonds is 1. The lowest BCUT2D eigenvalue weighted by atomic mass is 10.1. The highest BCUT2D eigenvalue weighted by atomic mass is 15.1. The maximum atomic E-state index is 4.20. The molecule has 3 heteroatoms. The highest BCUT2D eigenvalue weighted by molar-refractivity contribution is 5.84. The third-order valence-electron chi connectivity index (χ3n) is 3.41. The van der Waals surface area contributed by atoms with Crippen LogP contribution in [0.2, 0.25) is 0 Å². The van der Waals surface area contributed by atoms with Crippen LogP contribution < -0.4 is 0 Å². The fraction of sp³-hybridized carbons (Fsp3) is 0.417.